The van der Waals surface area contributed by atoms with Crippen LogP contribution in [0, 0.1) is 0 Å². The number of H-pyrrole nitrogens is 1. The van der Waals surface area contributed by atoms with Gasteiger partial charge in [0.2, 0.25) is 0 Å². The molecule has 0 aliphatic heterocycles. The van der Waals surface area contributed by atoms with Crippen LogP contribution in [0.4, 0.5) is 0 Å². The van der Waals surface area contributed by atoms with Crippen LogP contribution in [-0.4, -0.2) is 26.0 Å². The molecular weight excluding hydrogens is 209 g/mol. The number of hydrogen-bond donors (Lipinski definition) is 2. The molecule has 0 spiro atoms. The van der Waals surface area contributed by atoms with Gasteiger partial charge in [-0.05, 0) is 0 Å². The van der Waals surface area contributed by atoms with Gasteiger partial charge in [-0.3, -0.25) is 0 Å². The van der Waals surface area contributed by atoms with Crippen molar-refractivity contribution in [3.63, 3.8) is 0 Å². The zero-order valence-electron chi connectivity index (χ0n) is 6.00. The van der Waals surface area contributed by atoms with Gasteiger partial charge in [-0.2, -0.15) is 0 Å². The standard InChI is InChI=1S/C6H8N3OSe/c1-3(7)4-2-8-6(11)9-5(4)10/h2-3H,7H2,1H3,(H,8,9,10). The molecule has 0 bridgehead atoms. The molecule has 1 rings (SSSR count). The summed E-state index contributed by atoms with van der Waals surface area (Å²) in [4.78, 5) is 17.5. The van der Waals surface area contributed by atoms with E-state index in [-0.39, 0.29) is 11.6 Å². The molecule has 11 heavy (non-hydrogen) atoms. The van der Waals surface area contributed by atoms with Gasteiger partial charge in [0.25, 0.3) is 0 Å². The number of rotatable bonds is 1. The summed E-state index contributed by atoms with van der Waals surface area (Å²) >= 11 is 2.60. The van der Waals surface area contributed by atoms with E-state index in [0.717, 1.165) is 0 Å². The second kappa shape index (κ2) is 3.17. The third kappa shape index (κ3) is 1.89. The Morgan fingerprint density at radius 2 is 2.45 bits per heavy atom. The van der Waals surface area contributed by atoms with E-state index >= 15 is 0 Å². The van der Waals surface area contributed by atoms with E-state index in [0.29, 0.717) is 10.3 Å². The third-order valence-corrected chi connectivity index (χ3v) is 1.73. The number of aromatic nitrogens is 2. The Hall–Kier alpha value is -0.641. The van der Waals surface area contributed by atoms with Crippen molar-refractivity contribution in [1.82, 2.24) is 9.97 Å². The van der Waals surface area contributed by atoms with Gasteiger partial charge in [0.05, 0.1) is 0 Å². The van der Waals surface area contributed by atoms with Gasteiger partial charge in [0, 0.05) is 0 Å². The summed E-state index contributed by atoms with van der Waals surface area (Å²) in [5, 5.41) is 0. The molecule has 0 saturated carbocycles. The Kier molecular flexibility index (Phi) is 2.44. The van der Waals surface area contributed by atoms with Crippen molar-refractivity contribution < 1.29 is 0 Å². The number of nitrogens with one attached hydrogen (secondary N) is 1. The van der Waals surface area contributed by atoms with Crippen LogP contribution in [0.15, 0.2) is 11.0 Å². The number of aromatic amines is 1. The normalized spacial score (nSPS) is 12.9. The first-order chi connectivity index (χ1) is 5.11. The van der Waals surface area contributed by atoms with E-state index in [4.69, 9.17) is 5.73 Å². The Labute approximate surface area is 72.0 Å². The second-order valence-corrected chi connectivity index (χ2v) is 3.07. The summed E-state index contributed by atoms with van der Waals surface area (Å²) in [5.74, 6) is 0. The fourth-order valence-electron chi connectivity index (χ4n) is 0.713. The SMILES string of the molecule is CC(N)c1cnc([Se])[nH]c1=O. The van der Waals surface area contributed by atoms with Crippen LogP contribution in [-0.2, 0) is 0 Å². The van der Waals surface area contributed by atoms with Crippen molar-refractivity contribution in [2.45, 2.75) is 13.0 Å². The van der Waals surface area contributed by atoms with Gasteiger partial charge in [0.15, 0.2) is 0 Å². The van der Waals surface area contributed by atoms with Crippen LogP contribution in [0.2, 0.25) is 0 Å². The van der Waals surface area contributed by atoms with E-state index in [1.54, 1.807) is 6.92 Å². The quantitative estimate of drug-likeness (QED) is 0.567. The van der Waals surface area contributed by atoms with Crippen molar-refractivity contribution >= 4 is 20.7 Å². The summed E-state index contributed by atoms with van der Waals surface area (Å²) in [5.41, 5.74) is 5.82. The predicted octanol–water partition coefficient (Wildman–Crippen LogP) is -1.42. The molecule has 0 aromatic carbocycles. The molecule has 0 saturated heterocycles. The summed E-state index contributed by atoms with van der Waals surface area (Å²) in [6, 6.07) is -0.271. The Morgan fingerprint density at radius 3 is 2.91 bits per heavy atom. The zero-order valence-corrected chi connectivity index (χ0v) is 7.71. The monoisotopic (exact) mass is 218 g/mol. The fraction of sp³-hybridized carbons (Fsp3) is 0.333. The topological polar surface area (TPSA) is 71.8 Å². The molecule has 0 aliphatic carbocycles. The minimum atomic E-state index is -0.271. The fourth-order valence-corrected chi connectivity index (χ4v) is 1.02. The average Bonchev–Trinajstić information content (AvgIpc) is 1.85. The van der Waals surface area contributed by atoms with E-state index in [1.807, 2.05) is 0 Å². The van der Waals surface area contributed by atoms with Crippen molar-refractivity contribution in [3.05, 3.63) is 22.1 Å². The molecule has 5 heteroatoms. The van der Waals surface area contributed by atoms with E-state index in [9.17, 15) is 4.79 Å². The van der Waals surface area contributed by atoms with E-state index < -0.39 is 0 Å². The predicted molar refractivity (Wildman–Crippen MR) is 42.8 cm³/mol. The number of hydrogen-bond acceptors (Lipinski definition) is 3. The number of nitrogens with two attached hydrogens (primary N) is 1. The van der Waals surface area contributed by atoms with Crippen LogP contribution < -0.4 is 16.0 Å². The van der Waals surface area contributed by atoms with Gasteiger partial charge in [0.1, 0.15) is 0 Å². The third-order valence-electron chi connectivity index (χ3n) is 1.29. The summed E-state index contributed by atoms with van der Waals surface area (Å²) in [6.45, 7) is 1.74. The Bertz CT molecular complexity index is 307. The van der Waals surface area contributed by atoms with Crippen molar-refractivity contribution in [1.29, 1.82) is 0 Å². The first-order valence-electron chi connectivity index (χ1n) is 3.13. The first kappa shape index (κ1) is 8.46. The maximum absolute atomic E-state index is 11.1. The van der Waals surface area contributed by atoms with Crippen LogP contribution in [0.5, 0.6) is 0 Å². The Balaban J connectivity index is 3.21. The molecule has 1 heterocycles. The minimum absolute atomic E-state index is 0.177. The molecule has 0 amide bonds. The molecule has 1 aromatic rings. The van der Waals surface area contributed by atoms with Gasteiger partial charge in [-0.15, -0.1) is 0 Å². The average molecular weight is 217 g/mol. The van der Waals surface area contributed by atoms with E-state index in [2.05, 4.69) is 26.0 Å². The van der Waals surface area contributed by atoms with Gasteiger partial charge < -0.3 is 0 Å². The van der Waals surface area contributed by atoms with Crippen LogP contribution in [0.3, 0.4) is 0 Å². The first-order valence-corrected chi connectivity index (χ1v) is 3.98. The molecule has 1 radical (unpaired) electrons. The van der Waals surface area contributed by atoms with Crippen LogP contribution in [0.1, 0.15) is 18.5 Å². The zero-order chi connectivity index (χ0) is 8.43. The molecule has 1 aromatic heterocycles. The van der Waals surface area contributed by atoms with Gasteiger partial charge in [-0.1, -0.05) is 0 Å². The maximum atomic E-state index is 11.1. The van der Waals surface area contributed by atoms with E-state index in [1.165, 1.54) is 6.20 Å². The number of nitrogens with zero attached hydrogens (tertiary/aromatic N) is 1. The second-order valence-electron chi connectivity index (χ2n) is 2.26. The summed E-state index contributed by atoms with van der Waals surface area (Å²) in [7, 11) is 0. The van der Waals surface area contributed by atoms with Crippen molar-refractivity contribution in [2.24, 2.45) is 5.73 Å². The van der Waals surface area contributed by atoms with Crippen LogP contribution in [0.25, 0.3) is 0 Å². The Morgan fingerprint density at radius 1 is 1.82 bits per heavy atom. The van der Waals surface area contributed by atoms with Gasteiger partial charge >= 0.3 is 71.5 Å². The van der Waals surface area contributed by atoms with Gasteiger partial charge in [-0.25, -0.2) is 0 Å². The molecule has 1 unspecified atom stereocenters. The summed E-state index contributed by atoms with van der Waals surface area (Å²) in [6.07, 6.45) is 1.48. The van der Waals surface area contributed by atoms with Crippen molar-refractivity contribution in [3.8, 4) is 0 Å². The van der Waals surface area contributed by atoms with Crippen molar-refractivity contribution in [2.75, 3.05) is 0 Å². The van der Waals surface area contributed by atoms with Crippen LogP contribution >= 0.6 is 0 Å². The molecule has 59 valence electrons. The molecule has 0 aliphatic rings. The molecular formula is C6H8N3OSe. The molecule has 0 fully saturated rings. The summed E-state index contributed by atoms with van der Waals surface area (Å²) < 4.78 is 0.486. The molecule has 4 nitrogen and oxygen atoms in total. The molecule has 1 atom stereocenters. The molecule has 3 N–H and O–H groups in total.